The molecule has 1 aliphatic carbocycles. The molecule has 0 atom stereocenters. The Hall–Kier alpha value is -1.95. The van der Waals surface area contributed by atoms with Gasteiger partial charge in [-0.2, -0.15) is 0 Å². The lowest BCUT2D eigenvalue weighted by Crippen LogP contribution is -2.23. The van der Waals surface area contributed by atoms with Gasteiger partial charge in [0.1, 0.15) is 10.7 Å². The van der Waals surface area contributed by atoms with Crippen molar-refractivity contribution < 1.29 is 9.18 Å². The van der Waals surface area contributed by atoms with Gasteiger partial charge >= 0.3 is 0 Å². The summed E-state index contributed by atoms with van der Waals surface area (Å²) in [5.41, 5.74) is 1.19. The lowest BCUT2D eigenvalue weighted by atomic mass is 9.96. The largest absolute Gasteiger partial charge is 0.359 e. The molecule has 0 saturated heterocycles. The zero-order chi connectivity index (χ0) is 16.9. The third-order valence-corrected chi connectivity index (χ3v) is 5.42. The van der Waals surface area contributed by atoms with Crippen molar-refractivity contribution in [2.75, 3.05) is 5.32 Å². The number of amides is 1. The lowest BCUT2D eigenvalue weighted by Gasteiger charge is -2.22. The van der Waals surface area contributed by atoms with Gasteiger partial charge in [-0.15, -0.1) is 0 Å². The van der Waals surface area contributed by atoms with Crippen LogP contribution in [0.4, 0.5) is 9.52 Å². The predicted octanol–water partition coefficient (Wildman–Crippen LogP) is 4.27. The molecule has 128 valence electrons. The topological polar surface area (TPSA) is 54.0 Å². The third-order valence-electron chi connectivity index (χ3n) is 4.33. The highest BCUT2D eigenvalue weighted by atomic mass is 32.1. The second-order valence-electron chi connectivity index (χ2n) is 6.19. The van der Waals surface area contributed by atoms with Crippen molar-refractivity contribution in [3.05, 3.63) is 46.2 Å². The number of halogens is 1. The molecule has 1 amide bonds. The van der Waals surface area contributed by atoms with Crippen molar-refractivity contribution in [1.29, 1.82) is 0 Å². The molecule has 1 fully saturated rings. The zero-order valence-electron chi connectivity index (χ0n) is 13.8. The van der Waals surface area contributed by atoms with Crippen molar-refractivity contribution in [2.24, 2.45) is 0 Å². The van der Waals surface area contributed by atoms with Crippen LogP contribution in [0, 0.1) is 12.7 Å². The average Bonchev–Trinajstić information content (AvgIpc) is 2.95. The van der Waals surface area contributed by atoms with Crippen molar-refractivity contribution in [3.63, 3.8) is 0 Å². The Morgan fingerprint density at radius 3 is 2.79 bits per heavy atom. The fraction of sp³-hybridized carbons (Fsp3) is 0.444. The van der Waals surface area contributed by atoms with E-state index in [2.05, 4.69) is 15.6 Å². The number of aromatic nitrogens is 1. The van der Waals surface area contributed by atoms with Gasteiger partial charge in [-0.1, -0.05) is 48.8 Å². The molecule has 2 aromatic rings. The molecule has 0 spiro atoms. The molecule has 3 rings (SSSR count). The van der Waals surface area contributed by atoms with E-state index in [-0.39, 0.29) is 18.3 Å². The van der Waals surface area contributed by atoms with Gasteiger partial charge in [0.25, 0.3) is 5.91 Å². The summed E-state index contributed by atoms with van der Waals surface area (Å²) < 4.78 is 13.6. The highest BCUT2D eigenvalue weighted by Crippen LogP contribution is 2.27. The second-order valence-corrected chi connectivity index (χ2v) is 7.19. The maximum absolute atomic E-state index is 13.6. The van der Waals surface area contributed by atoms with E-state index in [4.69, 9.17) is 0 Å². The van der Waals surface area contributed by atoms with Crippen LogP contribution in [-0.2, 0) is 6.54 Å². The molecule has 1 aromatic heterocycles. The van der Waals surface area contributed by atoms with Crippen molar-refractivity contribution in [1.82, 2.24) is 10.3 Å². The van der Waals surface area contributed by atoms with E-state index >= 15 is 0 Å². The molecular formula is C18H22FN3OS. The number of aryl methyl sites for hydroxylation is 1. The van der Waals surface area contributed by atoms with Gasteiger partial charge in [0.2, 0.25) is 0 Å². The predicted molar refractivity (Wildman–Crippen MR) is 94.9 cm³/mol. The smallest absolute Gasteiger partial charge is 0.263 e. The molecule has 1 saturated carbocycles. The molecule has 24 heavy (non-hydrogen) atoms. The minimum absolute atomic E-state index is 0.175. The van der Waals surface area contributed by atoms with E-state index in [9.17, 15) is 9.18 Å². The molecular weight excluding hydrogens is 325 g/mol. The summed E-state index contributed by atoms with van der Waals surface area (Å²) in [6.45, 7) is 2.01. The molecule has 0 bridgehead atoms. The van der Waals surface area contributed by atoms with E-state index in [0.717, 1.165) is 18.0 Å². The second kappa shape index (κ2) is 7.75. The number of anilines is 1. The number of thiazole rings is 1. The van der Waals surface area contributed by atoms with Gasteiger partial charge in [-0.3, -0.25) is 4.79 Å². The normalized spacial score (nSPS) is 15.2. The summed E-state index contributed by atoms with van der Waals surface area (Å²) in [5.74, 6) is -0.511. The molecule has 0 radical (unpaired) electrons. The van der Waals surface area contributed by atoms with Crippen LogP contribution in [0.1, 0.15) is 53.0 Å². The molecule has 6 heteroatoms. The number of nitrogens with one attached hydrogen (secondary N) is 2. The van der Waals surface area contributed by atoms with Crippen LogP contribution in [0.25, 0.3) is 0 Å². The average molecular weight is 347 g/mol. The maximum Gasteiger partial charge on any atom is 0.263 e. The van der Waals surface area contributed by atoms with Gasteiger partial charge < -0.3 is 10.6 Å². The van der Waals surface area contributed by atoms with Gasteiger partial charge in [-0.05, 0) is 25.8 Å². The quantitative estimate of drug-likeness (QED) is 0.849. The first-order valence-corrected chi connectivity index (χ1v) is 9.20. The van der Waals surface area contributed by atoms with E-state index in [1.165, 1.54) is 36.7 Å². The summed E-state index contributed by atoms with van der Waals surface area (Å²) >= 11 is 1.37. The fourth-order valence-electron chi connectivity index (χ4n) is 2.99. The number of rotatable bonds is 5. The summed E-state index contributed by atoms with van der Waals surface area (Å²) in [7, 11) is 0. The van der Waals surface area contributed by atoms with Gasteiger partial charge in [0.05, 0.1) is 5.69 Å². The van der Waals surface area contributed by atoms with Crippen molar-refractivity contribution >= 4 is 22.4 Å². The first kappa shape index (κ1) is 16.9. The SMILES string of the molecule is Cc1nc(NC2CCCCC2)sc1C(=O)NCc1ccccc1F. The monoisotopic (exact) mass is 347 g/mol. The number of benzene rings is 1. The van der Waals surface area contributed by atoms with Crippen LogP contribution in [0.3, 0.4) is 0 Å². The summed E-state index contributed by atoms with van der Waals surface area (Å²) in [6, 6.07) is 6.92. The first-order chi connectivity index (χ1) is 11.6. The third kappa shape index (κ3) is 4.12. The standard InChI is InChI=1S/C18H22FN3OS/c1-12-16(17(23)20-11-13-7-5-6-10-15(13)19)24-18(21-12)22-14-8-3-2-4-9-14/h5-7,10,14H,2-4,8-9,11H2,1H3,(H,20,23)(H,21,22). The Morgan fingerprint density at radius 2 is 2.04 bits per heavy atom. The maximum atomic E-state index is 13.6. The van der Waals surface area contributed by atoms with Crippen LogP contribution < -0.4 is 10.6 Å². The molecule has 2 N–H and O–H groups in total. The molecule has 1 aliphatic rings. The number of hydrogen-bond acceptors (Lipinski definition) is 4. The molecule has 0 aliphatic heterocycles. The van der Waals surface area contributed by atoms with Crippen LogP contribution >= 0.6 is 11.3 Å². The first-order valence-electron chi connectivity index (χ1n) is 8.39. The van der Waals surface area contributed by atoms with E-state index < -0.39 is 0 Å². The number of carbonyl (C=O) groups is 1. The van der Waals surface area contributed by atoms with Gasteiger partial charge in [0, 0.05) is 18.2 Å². The Bertz CT molecular complexity index is 710. The van der Waals surface area contributed by atoms with E-state index in [1.54, 1.807) is 18.2 Å². The summed E-state index contributed by atoms with van der Waals surface area (Å²) in [5, 5.41) is 7.03. The minimum atomic E-state index is -0.307. The van der Waals surface area contributed by atoms with E-state index in [1.807, 2.05) is 6.92 Å². The van der Waals surface area contributed by atoms with Crippen LogP contribution in [0.5, 0.6) is 0 Å². The Kier molecular flexibility index (Phi) is 5.45. The van der Waals surface area contributed by atoms with Gasteiger partial charge in [0.15, 0.2) is 5.13 Å². The molecule has 4 nitrogen and oxygen atoms in total. The van der Waals surface area contributed by atoms with E-state index in [0.29, 0.717) is 22.2 Å². The lowest BCUT2D eigenvalue weighted by molar-refractivity contribution is 0.0954. The summed E-state index contributed by atoms with van der Waals surface area (Å²) in [4.78, 5) is 17.4. The highest BCUT2D eigenvalue weighted by Gasteiger charge is 2.19. The van der Waals surface area contributed by atoms with Crippen LogP contribution in [-0.4, -0.2) is 16.9 Å². The Morgan fingerprint density at radius 1 is 1.29 bits per heavy atom. The minimum Gasteiger partial charge on any atom is -0.359 e. The van der Waals surface area contributed by atoms with Crippen molar-refractivity contribution in [2.45, 2.75) is 51.6 Å². The number of carbonyl (C=O) groups excluding carboxylic acids is 1. The highest BCUT2D eigenvalue weighted by molar-refractivity contribution is 7.17. The molecule has 1 heterocycles. The summed E-state index contributed by atoms with van der Waals surface area (Å²) in [6.07, 6.45) is 6.12. The van der Waals surface area contributed by atoms with Crippen LogP contribution in [0.15, 0.2) is 24.3 Å². The molecule has 0 unspecified atom stereocenters. The fourth-order valence-corrected chi connectivity index (χ4v) is 3.95. The zero-order valence-corrected chi connectivity index (χ0v) is 14.6. The Balaban J connectivity index is 1.61. The van der Waals surface area contributed by atoms with Gasteiger partial charge in [-0.25, -0.2) is 9.37 Å². The number of nitrogens with zero attached hydrogens (tertiary/aromatic N) is 1. The number of hydrogen-bond donors (Lipinski definition) is 2. The Labute approximate surface area is 145 Å². The van der Waals surface area contributed by atoms with Crippen LogP contribution in [0.2, 0.25) is 0 Å². The molecule has 1 aromatic carbocycles. The van der Waals surface area contributed by atoms with Crippen molar-refractivity contribution in [3.8, 4) is 0 Å².